The first-order valence-corrected chi connectivity index (χ1v) is 10.6. The van der Waals surface area contributed by atoms with Crippen LogP contribution in [0.25, 0.3) is 0 Å². The van der Waals surface area contributed by atoms with Crippen molar-refractivity contribution >= 4 is 5.97 Å². The number of benzene rings is 3. The van der Waals surface area contributed by atoms with E-state index < -0.39 is 0 Å². The molecule has 0 bridgehead atoms. The Balaban J connectivity index is 1.81. The van der Waals surface area contributed by atoms with E-state index in [-0.39, 0.29) is 24.0 Å². The topological polar surface area (TPSA) is 29.5 Å². The van der Waals surface area contributed by atoms with Gasteiger partial charge >= 0.3 is 5.97 Å². The summed E-state index contributed by atoms with van der Waals surface area (Å²) in [4.78, 5) is 15.3. The third kappa shape index (κ3) is 4.03. The fourth-order valence-electron chi connectivity index (χ4n) is 4.71. The highest BCUT2D eigenvalue weighted by Crippen LogP contribution is 2.45. The van der Waals surface area contributed by atoms with Gasteiger partial charge in [-0.1, -0.05) is 84.4 Å². The van der Waals surface area contributed by atoms with Gasteiger partial charge in [0.2, 0.25) is 0 Å². The van der Waals surface area contributed by atoms with Crippen LogP contribution >= 0.6 is 0 Å². The molecule has 4 rings (SSSR count). The Morgan fingerprint density at radius 1 is 1.03 bits per heavy atom. The van der Waals surface area contributed by atoms with Crippen LogP contribution in [0.4, 0.5) is 0 Å². The quantitative estimate of drug-likeness (QED) is 0.502. The van der Waals surface area contributed by atoms with Gasteiger partial charge in [0, 0.05) is 18.6 Å². The molecule has 3 aromatic carbocycles. The molecule has 0 amide bonds. The first kappa shape index (κ1) is 20.4. The van der Waals surface area contributed by atoms with Crippen molar-refractivity contribution in [2.24, 2.45) is 5.92 Å². The average Bonchev–Trinajstić information content (AvgIpc) is 3.16. The van der Waals surface area contributed by atoms with Crippen LogP contribution in [-0.2, 0) is 22.5 Å². The number of esters is 1. The highest BCUT2D eigenvalue weighted by Gasteiger charge is 2.43. The lowest BCUT2D eigenvalue weighted by Gasteiger charge is -2.38. The number of methoxy groups -OCH3 is 1. The molecule has 0 aliphatic heterocycles. The maximum atomic E-state index is 12.8. The number of aryl methyl sites for hydroxylation is 1. The zero-order valence-corrected chi connectivity index (χ0v) is 17.9. The summed E-state index contributed by atoms with van der Waals surface area (Å²) >= 11 is 0. The predicted octanol–water partition coefficient (Wildman–Crippen LogP) is 5.64. The molecule has 3 nitrogen and oxygen atoms in total. The highest BCUT2D eigenvalue weighted by molar-refractivity contribution is 5.75. The number of nitrogens with zero attached hydrogens (tertiary/aromatic N) is 1. The smallest absolute Gasteiger partial charge is 0.310 e. The summed E-state index contributed by atoms with van der Waals surface area (Å²) in [6.45, 7) is 5.12. The molecule has 0 radical (unpaired) electrons. The third-order valence-electron chi connectivity index (χ3n) is 6.29. The third-order valence-corrected chi connectivity index (χ3v) is 6.29. The number of rotatable bonds is 6. The van der Waals surface area contributed by atoms with Crippen LogP contribution in [0.3, 0.4) is 0 Å². The Hall–Kier alpha value is -2.91. The Bertz CT molecular complexity index is 1000. The van der Waals surface area contributed by atoms with Gasteiger partial charge in [0.25, 0.3) is 0 Å². The average molecular weight is 400 g/mol. The summed E-state index contributed by atoms with van der Waals surface area (Å²) in [7, 11) is 1.50. The fourth-order valence-corrected chi connectivity index (χ4v) is 4.71. The molecule has 1 aliphatic carbocycles. The number of carbonyl (C=O) groups excluding carboxylic acids is 1. The van der Waals surface area contributed by atoms with E-state index >= 15 is 0 Å². The zero-order chi connectivity index (χ0) is 21.1. The van der Waals surface area contributed by atoms with Crippen LogP contribution < -0.4 is 0 Å². The molecule has 0 spiro atoms. The molecular weight excluding hydrogens is 370 g/mol. The Morgan fingerprint density at radius 2 is 1.70 bits per heavy atom. The minimum absolute atomic E-state index is 0.0252. The predicted molar refractivity (Wildman–Crippen MR) is 120 cm³/mol. The van der Waals surface area contributed by atoms with E-state index in [4.69, 9.17) is 4.74 Å². The van der Waals surface area contributed by atoms with Crippen LogP contribution in [0.15, 0.2) is 78.9 Å². The lowest BCUT2D eigenvalue weighted by atomic mass is 9.94. The van der Waals surface area contributed by atoms with Crippen molar-refractivity contribution in [2.45, 2.75) is 38.9 Å². The van der Waals surface area contributed by atoms with Crippen molar-refractivity contribution in [1.82, 2.24) is 4.90 Å². The standard InChI is InChI=1S/C27H29NO2/c1-19-14-15-23-17-25(27(29)30-3)26(24(23)16-19)28(18-21-10-6-4-7-11-21)20(2)22-12-8-5-9-13-22/h4-16,20,25-26H,17-18H2,1-3H3/t20-,25-,26-/m1/s1. The Labute approximate surface area is 179 Å². The SMILES string of the molecule is COC(=O)[C@@H]1Cc2ccc(C)cc2[C@H]1N(Cc1ccccc1)[C@H](C)c1ccccc1. The molecule has 3 aromatic rings. The minimum Gasteiger partial charge on any atom is -0.469 e. The summed E-state index contributed by atoms with van der Waals surface area (Å²) in [5, 5.41) is 0. The monoisotopic (exact) mass is 399 g/mol. The second-order valence-corrected chi connectivity index (χ2v) is 8.23. The van der Waals surface area contributed by atoms with Crippen molar-refractivity contribution < 1.29 is 9.53 Å². The summed E-state index contributed by atoms with van der Waals surface area (Å²) in [5.74, 6) is -0.339. The van der Waals surface area contributed by atoms with Gasteiger partial charge in [-0.15, -0.1) is 0 Å². The van der Waals surface area contributed by atoms with Crippen molar-refractivity contribution in [3.8, 4) is 0 Å². The fraction of sp³-hybridized carbons (Fsp3) is 0.296. The molecule has 30 heavy (non-hydrogen) atoms. The van der Waals surface area contributed by atoms with E-state index in [2.05, 4.69) is 85.5 Å². The minimum atomic E-state index is -0.207. The number of hydrogen-bond donors (Lipinski definition) is 0. The van der Waals surface area contributed by atoms with Gasteiger partial charge in [0.05, 0.1) is 13.0 Å². The zero-order valence-electron chi connectivity index (χ0n) is 17.9. The lowest BCUT2D eigenvalue weighted by Crippen LogP contribution is -2.37. The van der Waals surface area contributed by atoms with Gasteiger partial charge < -0.3 is 4.74 Å². The second kappa shape index (κ2) is 8.85. The first-order chi connectivity index (χ1) is 14.6. The van der Waals surface area contributed by atoms with Gasteiger partial charge in [-0.2, -0.15) is 0 Å². The van der Waals surface area contributed by atoms with Gasteiger partial charge in [-0.05, 0) is 42.5 Å². The molecule has 3 heteroatoms. The van der Waals surface area contributed by atoms with E-state index in [1.807, 2.05) is 12.1 Å². The van der Waals surface area contributed by atoms with Gasteiger partial charge in [-0.3, -0.25) is 9.69 Å². The number of ether oxygens (including phenoxy) is 1. The maximum Gasteiger partial charge on any atom is 0.310 e. The number of hydrogen-bond acceptors (Lipinski definition) is 3. The van der Waals surface area contributed by atoms with Crippen LogP contribution in [0, 0.1) is 12.8 Å². The van der Waals surface area contributed by atoms with Gasteiger partial charge in [0.15, 0.2) is 0 Å². The van der Waals surface area contributed by atoms with E-state index in [0.29, 0.717) is 0 Å². The molecular formula is C27H29NO2. The molecule has 3 atom stereocenters. The van der Waals surface area contributed by atoms with Gasteiger partial charge in [-0.25, -0.2) is 0 Å². The van der Waals surface area contributed by atoms with Crippen LogP contribution in [0.5, 0.6) is 0 Å². The summed E-state index contributed by atoms with van der Waals surface area (Å²) in [6.07, 6.45) is 0.722. The summed E-state index contributed by atoms with van der Waals surface area (Å²) in [5.41, 5.74) is 6.21. The Morgan fingerprint density at radius 3 is 2.37 bits per heavy atom. The van der Waals surface area contributed by atoms with E-state index in [0.717, 1.165) is 13.0 Å². The Kier molecular flexibility index (Phi) is 6.01. The number of fused-ring (bicyclic) bond motifs is 1. The summed E-state index contributed by atoms with van der Waals surface area (Å²) < 4.78 is 5.25. The largest absolute Gasteiger partial charge is 0.469 e. The van der Waals surface area contributed by atoms with Crippen LogP contribution in [-0.4, -0.2) is 18.0 Å². The lowest BCUT2D eigenvalue weighted by molar-refractivity contribution is -0.148. The van der Waals surface area contributed by atoms with Crippen molar-refractivity contribution in [3.05, 3.63) is 107 Å². The van der Waals surface area contributed by atoms with Crippen molar-refractivity contribution in [1.29, 1.82) is 0 Å². The summed E-state index contributed by atoms with van der Waals surface area (Å²) in [6, 6.07) is 27.7. The van der Waals surface area contributed by atoms with Crippen molar-refractivity contribution in [3.63, 3.8) is 0 Å². The molecule has 0 unspecified atom stereocenters. The molecule has 0 fully saturated rings. The highest BCUT2D eigenvalue weighted by atomic mass is 16.5. The maximum absolute atomic E-state index is 12.8. The van der Waals surface area contributed by atoms with Crippen LogP contribution in [0.1, 0.15) is 46.8 Å². The molecule has 0 saturated heterocycles. The first-order valence-electron chi connectivity index (χ1n) is 10.6. The van der Waals surface area contributed by atoms with E-state index in [9.17, 15) is 4.79 Å². The van der Waals surface area contributed by atoms with E-state index in [1.165, 1.54) is 34.9 Å². The molecule has 0 aromatic heterocycles. The molecule has 0 saturated carbocycles. The molecule has 0 N–H and O–H groups in total. The second-order valence-electron chi connectivity index (χ2n) is 8.23. The van der Waals surface area contributed by atoms with Gasteiger partial charge in [0.1, 0.15) is 0 Å². The molecule has 154 valence electrons. The normalized spacial score (nSPS) is 18.8. The van der Waals surface area contributed by atoms with Crippen molar-refractivity contribution in [2.75, 3.05) is 7.11 Å². The van der Waals surface area contributed by atoms with Crippen LogP contribution in [0.2, 0.25) is 0 Å². The van der Waals surface area contributed by atoms with E-state index in [1.54, 1.807) is 0 Å². The molecule has 1 aliphatic rings. The number of carbonyl (C=O) groups is 1. The molecule has 0 heterocycles.